The summed E-state index contributed by atoms with van der Waals surface area (Å²) in [6.45, 7) is 8.54. The number of rotatable bonds is 1. The van der Waals surface area contributed by atoms with E-state index in [2.05, 4.69) is 36.1 Å². The fraction of sp³-hybridized carbons (Fsp3) is 0.833. The molecule has 0 aromatic heterocycles. The minimum atomic E-state index is -1.98. The van der Waals surface area contributed by atoms with Crippen LogP contribution in [0.2, 0.25) is 0 Å². The van der Waals surface area contributed by atoms with Crippen molar-refractivity contribution in [3.63, 3.8) is 0 Å². The van der Waals surface area contributed by atoms with Gasteiger partial charge in [-0.2, -0.15) is 0 Å². The van der Waals surface area contributed by atoms with Gasteiger partial charge in [-0.15, -0.1) is 0 Å². The third-order valence-electron chi connectivity index (χ3n) is 7.11. The van der Waals surface area contributed by atoms with Crippen molar-refractivity contribution >= 4 is 48.8 Å². The van der Waals surface area contributed by atoms with E-state index in [4.69, 9.17) is 0 Å². The second kappa shape index (κ2) is 6.11. The summed E-state index contributed by atoms with van der Waals surface area (Å²) in [6.07, 6.45) is 7.06. The minimum absolute atomic E-state index is 0.0897. The number of allylic oxidation sites excluding steroid dienone is 1. The molecular formula is C18H28I2O3. The zero-order valence-electron chi connectivity index (χ0n) is 14.1. The Balaban J connectivity index is 2.01. The molecule has 0 bridgehead atoms. The summed E-state index contributed by atoms with van der Waals surface area (Å²) >= 11 is 0.667. The molecule has 5 atom stereocenters. The first kappa shape index (κ1) is 18.4. The zero-order valence-corrected chi connectivity index (χ0v) is 18.4. The van der Waals surface area contributed by atoms with Gasteiger partial charge in [-0.3, -0.25) is 0 Å². The van der Waals surface area contributed by atoms with E-state index < -0.39 is 31.6 Å². The number of halogens is 2. The molecular weight excluding hydrogens is 518 g/mol. The quantitative estimate of drug-likeness (QED) is 0.352. The fourth-order valence-electron chi connectivity index (χ4n) is 5.93. The normalized spacial score (nSPS) is 49.0. The van der Waals surface area contributed by atoms with Crippen LogP contribution in [-0.2, 0) is 4.79 Å². The molecule has 0 spiro atoms. The van der Waals surface area contributed by atoms with Gasteiger partial charge >= 0.3 is 162 Å². The monoisotopic (exact) mass is 546 g/mol. The molecule has 3 fully saturated rings. The second-order valence-corrected chi connectivity index (χ2v) is 15.0. The van der Waals surface area contributed by atoms with Crippen molar-refractivity contribution < 1.29 is 13.3 Å². The topological polar surface area (TPSA) is 57.5 Å². The van der Waals surface area contributed by atoms with Crippen molar-refractivity contribution in [1.82, 2.24) is 0 Å². The van der Waals surface area contributed by atoms with Crippen molar-refractivity contribution in [3.8, 4) is 0 Å². The van der Waals surface area contributed by atoms with E-state index in [-0.39, 0.29) is 14.8 Å². The van der Waals surface area contributed by atoms with Gasteiger partial charge in [0.1, 0.15) is 0 Å². The summed E-state index contributed by atoms with van der Waals surface area (Å²) in [5.41, 5.74) is -0.488. The van der Waals surface area contributed by atoms with Crippen molar-refractivity contribution in [2.24, 2.45) is 22.7 Å². The summed E-state index contributed by atoms with van der Waals surface area (Å²) in [5.74, 6) is 0.170. The SMILES string of the molecule is C=C1C[C@@]2(I)CCC3[C@](C)(C(=O)O)CCC[C@@]3(C)[C@@H]2CCI1O. The van der Waals surface area contributed by atoms with E-state index in [1.165, 1.54) is 0 Å². The number of aliphatic carboxylic acids is 1. The number of hydrogen-bond donors (Lipinski definition) is 2. The molecule has 0 amide bonds. The van der Waals surface area contributed by atoms with Crippen molar-refractivity contribution in [2.45, 2.75) is 62.2 Å². The van der Waals surface area contributed by atoms with Gasteiger partial charge in [-0.05, 0) is 0 Å². The Bertz CT molecular complexity index is 536. The molecule has 1 aliphatic heterocycles. The van der Waals surface area contributed by atoms with Crippen LogP contribution >= 0.6 is 42.8 Å². The van der Waals surface area contributed by atoms with E-state index >= 15 is 0 Å². The molecule has 3 rings (SSSR count). The summed E-state index contributed by atoms with van der Waals surface area (Å²) in [6, 6.07) is 0. The first-order chi connectivity index (χ1) is 10.6. The molecule has 132 valence electrons. The summed E-state index contributed by atoms with van der Waals surface area (Å²) in [5, 5.41) is 9.90. The third kappa shape index (κ3) is 2.80. The average Bonchev–Trinajstić information content (AvgIpc) is 2.56. The van der Waals surface area contributed by atoms with Gasteiger partial charge in [0, 0.05) is 0 Å². The molecule has 0 radical (unpaired) electrons. The number of fused-ring (bicyclic) bond motifs is 3. The number of alkyl halides is 2. The Morgan fingerprint density at radius 1 is 1.26 bits per heavy atom. The molecule has 0 aromatic carbocycles. The van der Waals surface area contributed by atoms with E-state index in [1.807, 2.05) is 6.92 Å². The van der Waals surface area contributed by atoms with Crippen LogP contribution in [0.15, 0.2) is 10.2 Å². The van der Waals surface area contributed by atoms with Crippen LogP contribution in [0.3, 0.4) is 0 Å². The molecule has 2 aliphatic carbocycles. The molecule has 23 heavy (non-hydrogen) atoms. The molecule has 0 aromatic rings. The average molecular weight is 546 g/mol. The first-order valence-corrected chi connectivity index (χ1v) is 13.2. The van der Waals surface area contributed by atoms with Crippen molar-refractivity contribution in [1.29, 1.82) is 0 Å². The predicted octanol–water partition coefficient (Wildman–Crippen LogP) is 5.19. The van der Waals surface area contributed by atoms with E-state index in [9.17, 15) is 13.3 Å². The number of carboxylic acid groups (broad SMARTS) is 1. The standard InChI is InChI=1S/C18H28I2O3/c1-12-11-18(19)9-5-13-16(2,14(18)6-10-20(12)23)7-4-8-17(13,3)15(21)22/h13-14,23H,1,4-11H2,2-3H3,(H,21,22)/t13?,14-,16+,17+,18-/m0/s1. The van der Waals surface area contributed by atoms with Crippen LogP contribution in [0.25, 0.3) is 0 Å². The Morgan fingerprint density at radius 3 is 2.61 bits per heavy atom. The first-order valence-electron chi connectivity index (χ1n) is 8.58. The van der Waals surface area contributed by atoms with Gasteiger partial charge in [0.2, 0.25) is 0 Å². The molecule has 1 heterocycles. The summed E-state index contributed by atoms with van der Waals surface area (Å²) < 4.78 is 12.7. The Labute approximate surface area is 160 Å². The van der Waals surface area contributed by atoms with Gasteiger partial charge in [0.15, 0.2) is 0 Å². The van der Waals surface area contributed by atoms with Gasteiger partial charge in [-0.1, -0.05) is 0 Å². The zero-order chi connectivity index (χ0) is 17.0. The van der Waals surface area contributed by atoms with Crippen molar-refractivity contribution in [2.75, 3.05) is 4.43 Å². The van der Waals surface area contributed by atoms with E-state index in [1.54, 1.807) is 0 Å². The van der Waals surface area contributed by atoms with Gasteiger partial charge in [0.25, 0.3) is 0 Å². The maximum absolute atomic E-state index is 12.0. The summed E-state index contributed by atoms with van der Waals surface area (Å²) in [7, 11) is 0. The van der Waals surface area contributed by atoms with Crippen LogP contribution in [0.1, 0.15) is 58.8 Å². The number of hydrogen-bond acceptors (Lipinski definition) is 2. The number of carbonyl (C=O) groups is 1. The predicted molar refractivity (Wildman–Crippen MR) is 110 cm³/mol. The van der Waals surface area contributed by atoms with Crippen LogP contribution in [-0.4, -0.2) is 22.4 Å². The molecule has 5 heteroatoms. The van der Waals surface area contributed by atoms with E-state index in [0.717, 1.165) is 53.0 Å². The van der Waals surface area contributed by atoms with Crippen LogP contribution in [0.5, 0.6) is 0 Å². The molecule has 1 saturated heterocycles. The Kier molecular flexibility index (Phi) is 4.89. The van der Waals surface area contributed by atoms with Crippen molar-refractivity contribution in [3.05, 3.63) is 10.2 Å². The van der Waals surface area contributed by atoms with E-state index in [0.29, 0.717) is 5.92 Å². The van der Waals surface area contributed by atoms with Crippen LogP contribution in [0.4, 0.5) is 0 Å². The van der Waals surface area contributed by atoms with Gasteiger partial charge in [-0.25, -0.2) is 0 Å². The molecule has 2 N–H and O–H groups in total. The third-order valence-corrected chi connectivity index (χ3v) is 12.6. The number of carboxylic acids is 1. The Hall–Kier alpha value is 0.630. The maximum atomic E-state index is 12.0. The van der Waals surface area contributed by atoms with Gasteiger partial charge < -0.3 is 0 Å². The van der Waals surface area contributed by atoms with Crippen LogP contribution < -0.4 is 0 Å². The summed E-state index contributed by atoms with van der Waals surface area (Å²) in [4.78, 5) is 12.0. The molecule has 3 nitrogen and oxygen atoms in total. The Morgan fingerprint density at radius 2 is 1.96 bits per heavy atom. The fourth-order valence-corrected chi connectivity index (χ4v) is 11.5. The second-order valence-electron chi connectivity index (χ2n) is 8.27. The molecule has 1 unspecified atom stereocenters. The van der Waals surface area contributed by atoms with Gasteiger partial charge in [0.05, 0.1) is 0 Å². The molecule has 2 saturated carbocycles. The molecule has 3 aliphatic rings. The van der Waals surface area contributed by atoms with Crippen LogP contribution in [0, 0.1) is 22.7 Å².